The van der Waals surface area contributed by atoms with Crippen molar-refractivity contribution in [3.05, 3.63) is 11.4 Å². The third-order valence-electron chi connectivity index (χ3n) is 2.95. The molecule has 0 aliphatic rings. The van der Waals surface area contributed by atoms with E-state index in [9.17, 15) is 9.59 Å². The Morgan fingerprint density at radius 1 is 1.25 bits per heavy atom. The summed E-state index contributed by atoms with van der Waals surface area (Å²) in [7, 11) is 0. The quantitative estimate of drug-likeness (QED) is 0.664. The molecule has 0 aliphatic heterocycles. The van der Waals surface area contributed by atoms with E-state index in [0.29, 0.717) is 18.7 Å². The molecular formula is C13H22N4O3. The van der Waals surface area contributed by atoms with Gasteiger partial charge in [0.05, 0.1) is 5.69 Å². The molecule has 20 heavy (non-hydrogen) atoms. The van der Waals surface area contributed by atoms with Gasteiger partial charge < -0.3 is 10.4 Å². The molecule has 0 atom stereocenters. The van der Waals surface area contributed by atoms with Crippen LogP contribution in [0, 0.1) is 0 Å². The first-order chi connectivity index (χ1) is 9.60. The number of carboxylic acid groups (broad SMARTS) is 1. The Hall–Kier alpha value is -1.92. The Morgan fingerprint density at radius 3 is 2.55 bits per heavy atom. The van der Waals surface area contributed by atoms with E-state index < -0.39 is 5.97 Å². The van der Waals surface area contributed by atoms with Crippen molar-refractivity contribution < 1.29 is 14.7 Å². The number of aromatic nitrogens is 3. The highest BCUT2D eigenvalue weighted by Crippen LogP contribution is 2.10. The third-order valence-corrected chi connectivity index (χ3v) is 2.95. The standard InChI is InChI=1S/C13H22N4O3/c1-3-5-7-10-12(13(19)20)15-16-17(10)9-11(18)14-8-6-4-2/h3-9H2,1-2H3,(H,14,18)(H,19,20). The predicted molar refractivity (Wildman–Crippen MR) is 73.5 cm³/mol. The summed E-state index contributed by atoms with van der Waals surface area (Å²) in [4.78, 5) is 22.8. The highest BCUT2D eigenvalue weighted by atomic mass is 16.4. The second-order valence-electron chi connectivity index (χ2n) is 4.65. The van der Waals surface area contributed by atoms with Crippen LogP contribution in [-0.2, 0) is 17.8 Å². The maximum absolute atomic E-state index is 11.7. The lowest BCUT2D eigenvalue weighted by molar-refractivity contribution is -0.121. The first-order valence-electron chi connectivity index (χ1n) is 7.02. The Balaban J connectivity index is 2.73. The SMILES string of the molecule is CCCCNC(=O)Cn1nnc(C(=O)O)c1CCCC. The zero-order valence-corrected chi connectivity index (χ0v) is 12.1. The molecule has 0 spiro atoms. The van der Waals surface area contributed by atoms with Gasteiger partial charge in [0.15, 0.2) is 5.69 Å². The minimum absolute atomic E-state index is 0.0169. The number of amides is 1. The Bertz CT molecular complexity index is 456. The molecule has 0 unspecified atom stereocenters. The van der Waals surface area contributed by atoms with Gasteiger partial charge in [-0.1, -0.05) is 31.9 Å². The number of carbonyl (C=O) groups is 2. The van der Waals surface area contributed by atoms with Crippen LogP contribution in [0.4, 0.5) is 0 Å². The Morgan fingerprint density at radius 2 is 1.95 bits per heavy atom. The van der Waals surface area contributed by atoms with Gasteiger partial charge in [-0.05, 0) is 19.3 Å². The Kier molecular flexibility index (Phi) is 6.69. The van der Waals surface area contributed by atoms with Crippen LogP contribution in [0.5, 0.6) is 0 Å². The molecule has 7 nitrogen and oxygen atoms in total. The molecule has 0 aromatic carbocycles. The van der Waals surface area contributed by atoms with Crippen LogP contribution in [0.1, 0.15) is 55.7 Å². The molecule has 0 fully saturated rings. The fourth-order valence-corrected chi connectivity index (χ4v) is 1.81. The van der Waals surface area contributed by atoms with E-state index in [0.717, 1.165) is 25.7 Å². The molecule has 0 saturated carbocycles. The summed E-state index contributed by atoms with van der Waals surface area (Å²) in [5.41, 5.74) is 0.463. The molecule has 1 heterocycles. The first-order valence-corrected chi connectivity index (χ1v) is 7.02. The molecule has 1 rings (SSSR count). The predicted octanol–water partition coefficient (Wildman–Crippen LogP) is 1.24. The highest BCUT2D eigenvalue weighted by molar-refractivity contribution is 5.86. The van der Waals surface area contributed by atoms with Gasteiger partial charge in [0.25, 0.3) is 0 Å². The summed E-state index contributed by atoms with van der Waals surface area (Å²) in [6.07, 6.45) is 4.27. The van der Waals surface area contributed by atoms with E-state index in [1.807, 2.05) is 13.8 Å². The summed E-state index contributed by atoms with van der Waals surface area (Å²) in [5, 5.41) is 19.3. The fraction of sp³-hybridized carbons (Fsp3) is 0.692. The number of nitrogens with zero attached hydrogens (tertiary/aromatic N) is 3. The van der Waals surface area contributed by atoms with Crippen molar-refractivity contribution in [3.63, 3.8) is 0 Å². The van der Waals surface area contributed by atoms with E-state index in [2.05, 4.69) is 15.6 Å². The van der Waals surface area contributed by atoms with Crippen molar-refractivity contribution >= 4 is 11.9 Å². The van der Waals surface area contributed by atoms with E-state index in [1.165, 1.54) is 4.68 Å². The van der Waals surface area contributed by atoms with Crippen molar-refractivity contribution in [2.75, 3.05) is 6.54 Å². The summed E-state index contributed by atoms with van der Waals surface area (Å²) >= 11 is 0. The minimum atomic E-state index is -1.10. The van der Waals surface area contributed by atoms with E-state index >= 15 is 0 Å². The molecule has 1 aromatic heterocycles. The van der Waals surface area contributed by atoms with Crippen molar-refractivity contribution in [2.24, 2.45) is 0 Å². The summed E-state index contributed by atoms with van der Waals surface area (Å²) < 4.78 is 1.39. The highest BCUT2D eigenvalue weighted by Gasteiger charge is 2.19. The van der Waals surface area contributed by atoms with E-state index in [-0.39, 0.29) is 18.1 Å². The molecule has 0 aliphatic carbocycles. The van der Waals surface area contributed by atoms with E-state index in [1.54, 1.807) is 0 Å². The van der Waals surface area contributed by atoms with Crippen molar-refractivity contribution in [1.82, 2.24) is 20.3 Å². The van der Waals surface area contributed by atoms with Crippen LogP contribution in [0.2, 0.25) is 0 Å². The maximum atomic E-state index is 11.7. The molecule has 0 saturated heterocycles. The summed E-state index contributed by atoms with van der Waals surface area (Å²) in [6.45, 7) is 4.71. The minimum Gasteiger partial charge on any atom is -0.476 e. The molecule has 2 N–H and O–H groups in total. The zero-order chi connectivity index (χ0) is 15.0. The van der Waals surface area contributed by atoms with Gasteiger partial charge >= 0.3 is 5.97 Å². The summed E-state index contributed by atoms with van der Waals surface area (Å²) in [6, 6.07) is 0. The van der Waals surface area contributed by atoms with Crippen LogP contribution >= 0.6 is 0 Å². The average Bonchev–Trinajstić information content (AvgIpc) is 2.79. The zero-order valence-electron chi connectivity index (χ0n) is 12.1. The number of hydrogen-bond acceptors (Lipinski definition) is 4. The lowest BCUT2D eigenvalue weighted by atomic mass is 10.1. The molecular weight excluding hydrogens is 260 g/mol. The van der Waals surface area contributed by atoms with Crippen molar-refractivity contribution in [1.29, 1.82) is 0 Å². The largest absolute Gasteiger partial charge is 0.476 e. The topological polar surface area (TPSA) is 97.1 Å². The Labute approximate surface area is 118 Å². The second-order valence-corrected chi connectivity index (χ2v) is 4.65. The fourth-order valence-electron chi connectivity index (χ4n) is 1.81. The molecule has 7 heteroatoms. The molecule has 112 valence electrons. The molecule has 0 bridgehead atoms. The number of nitrogens with one attached hydrogen (secondary N) is 1. The lowest BCUT2D eigenvalue weighted by Gasteiger charge is -2.07. The first kappa shape index (κ1) is 16.1. The van der Waals surface area contributed by atoms with Gasteiger partial charge in [0, 0.05) is 6.54 Å². The van der Waals surface area contributed by atoms with Crippen LogP contribution in [0.3, 0.4) is 0 Å². The number of carbonyl (C=O) groups excluding carboxylic acids is 1. The average molecular weight is 282 g/mol. The smallest absolute Gasteiger partial charge is 0.358 e. The van der Waals surface area contributed by atoms with Crippen LogP contribution in [0.15, 0.2) is 0 Å². The normalized spacial score (nSPS) is 10.5. The number of hydrogen-bond donors (Lipinski definition) is 2. The van der Waals surface area contributed by atoms with Crippen LogP contribution in [0.25, 0.3) is 0 Å². The van der Waals surface area contributed by atoms with Crippen molar-refractivity contribution in [3.8, 4) is 0 Å². The van der Waals surface area contributed by atoms with Crippen molar-refractivity contribution in [2.45, 2.75) is 52.5 Å². The van der Waals surface area contributed by atoms with Gasteiger partial charge in [0.2, 0.25) is 5.91 Å². The molecule has 1 aromatic rings. The number of unbranched alkanes of at least 4 members (excludes halogenated alkanes) is 2. The van der Waals surface area contributed by atoms with Gasteiger partial charge in [-0.3, -0.25) is 4.79 Å². The molecule has 1 amide bonds. The van der Waals surface area contributed by atoms with E-state index in [4.69, 9.17) is 5.11 Å². The summed E-state index contributed by atoms with van der Waals surface area (Å²) in [5.74, 6) is -1.27. The monoisotopic (exact) mass is 282 g/mol. The lowest BCUT2D eigenvalue weighted by Crippen LogP contribution is -2.29. The number of rotatable bonds is 9. The van der Waals surface area contributed by atoms with Crippen LogP contribution < -0.4 is 5.32 Å². The third kappa shape index (κ3) is 4.64. The maximum Gasteiger partial charge on any atom is 0.358 e. The molecule has 0 radical (unpaired) electrons. The number of aromatic carboxylic acids is 1. The van der Waals surface area contributed by atoms with Gasteiger partial charge in [-0.25, -0.2) is 9.48 Å². The van der Waals surface area contributed by atoms with Crippen LogP contribution in [-0.4, -0.2) is 38.5 Å². The van der Waals surface area contributed by atoms with Gasteiger partial charge in [0.1, 0.15) is 6.54 Å². The van der Waals surface area contributed by atoms with Gasteiger partial charge in [-0.15, -0.1) is 5.10 Å². The second kappa shape index (κ2) is 8.29. The number of carboxylic acids is 1. The van der Waals surface area contributed by atoms with Gasteiger partial charge in [-0.2, -0.15) is 0 Å².